The van der Waals surface area contributed by atoms with Crippen LogP contribution in [0.4, 0.5) is 0 Å². The first kappa shape index (κ1) is 12.9. The highest BCUT2D eigenvalue weighted by Crippen LogP contribution is 2.15. The summed E-state index contributed by atoms with van der Waals surface area (Å²) in [5.74, 6) is -0.778. The van der Waals surface area contributed by atoms with Crippen LogP contribution in [0, 0.1) is 0 Å². The van der Waals surface area contributed by atoms with E-state index >= 15 is 0 Å². The Hall–Kier alpha value is -1.13. The summed E-state index contributed by atoms with van der Waals surface area (Å²) in [5.41, 5.74) is 0.976. The lowest BCUT2D eigenvalue weighted by Crippen LogP contribution is -2.25. The van der Waals surface area contributed by atoms with Crippen LogP contribution in [0.5, 0.6) is 0 Å². The lowest BCUT2D eigenvalue weighted by atomic mass is 10.2. The number of nitrogens with zero attached hydrogens (tertiary/aromatic N) is 2. The van der Waals surface area contributed by atoms with E-state index < -0.39 is 5.97 Å². The minimum absolute atomic E-state index is 0.149. The monoisotopic (exact) mass is 242 g/mol. The zero-order valence-electron chi connectivity index (χ0n) is 9.19. The molecule has 0 aliphatic rings. The van der Waals surface area contributed by atoms with E-state index in [1.165, 1.54) is 0 Å². The van der Waals surface area contributed by atoms with Gasteiger partial charge in [0.25, 0.3) is 0 Å². The third-order valence-corrected chi connectivity index (χ3v) is 2.68. The van der Waals surface area contributed by atoms with Crippen molar-refractivity contribution in [2.75, 3.05) is 13.1 Å². The first-order chi connectivity index (χ1) is 7.63. The molecule has 1 aromatic heterocycles. The van der Waals surface area contributed by atoms with Crippen LogP contribution in [0.25, 0.3) is 0 Å². The fourth-order valence-electron chi connectivity index (χ4n) is 1.38. The van der Waals surface area contributed by atoms with Crippen molar-refractivity contribution in [2.45, 2.75) is 19.9 Å². The van der Waals surface area contributed by atoms with Crippen LogP contribution in [-0.2, 0) is 11.3 Å². The Morgan fingerprint density at radius 2 is 2.38 bits per heavy atom. The Morgan fingerprint density at radius 3 is 2.94 bits per heavy atom. The van der Waals surface area contributed by atoms with Crippen LogP contribution in [0.2, 0.25) is 5.02 Å². The maximum absolute atomic E-state index is 10.5. The molecule has 0 radical (unpaired) electrons. The average molecular weight is 243 g/mol. The van der Waals surface area contributed by atoms with Crippen molar-refractivity contribution in [2.24, 2.45) is 0 Å². The summed E-state index contributed by atoms with van der Waals surface area (Å²) in [6, 6.07) is 1.85. The third-order valence-electron chi connectivity index (χ3n) is 2.34. The minimum Gasteiger partial charge on any atom is -0.481 e. The largest absolute Gasteiger partial charge is 0.481 e. The Balaban J connectivity index is 2.56. The van der Waals surface area contributed by atoms with Crippen LogP contribution in [0.15, 0.2) is 18.5 Å². The number of carbonyl (C=O) groups is 1. The Kier molecular flexibility index (Phi) is 5.22. The molecular formula is C11H15ClN2O2. The number of hydrogen-bond donors (Lipinski definition) is 1. The lowest BCUT2D eigenvalue weighted by molar-refractivity contribution is -0.137. The van der Waals surface area contributed by atoms with Crippen LogP contribution >= 0.6 is 11.6 Å². The van der Waals surface area contributed by atoms with Crippen molar-refractivity contribution >= 4 is 17.6 Å². The van der Waals surface area contributed by atoms with Gasteiger partial charge >= 0.3 is 5.97 Å². The van der Waals surface area contributed by atoms with E-state index in [1.807, 2.05) is 17.9 Å². The van der Waals surface area contributed by atoms with Gasteiger partial charge in [-0.3, -0.25) is 14.7 Å². The molecule has 0 aromatic carbocycles. The maximum atomic E-state index is 10.5. The number of hydrogen-bond acceptors (Lipinski definition) is 3. The highest BCUT2D eigenvalue weighted by Gasteiger charge is 2.08. The predicted octanol–water partition coefficient (Wildman–Crippen LogP) is 2.03. The topological polar surface area (TPSA) is 53.4 Å². The fraction of sp³-hybridized carbons (Fsp3) is 0.455. The van der Waals surface area contributed by atoms with Gasteiger partial charge in [0.1, 0.15) is 0 Å². The van der Waals surface area contributed by atoms with E-state index in [0.29, 0.717) is 18.1 Å². The van der Waals surface area contributed by atoms with Crippen molar-refractivity contribution in [3.8, 4) is 0 Å². The molecular weight excluding hydrogens is 228 g/mol. The number of halogens is 1. The van der Waals surface area contributed by atoms with E-state index in [9.17, 15) is 4.79 Å². The minimum atomic E-state index is -0.778. The number of pyridine rings is 1. The van der Waals surface area contributed by atoms with Crippen LogP contribution in [-0.4, -0.2) is 34.0 Å². The molecule has 0 aliphatic carbocycles. The molecule has 0 amide bonds. The van der Waals surface area contributed by atoms with Gasteiger partial charge in [0, 0.05) is 25.5 Å². The SMILES string of the molecule is CCN(CCC(=O)O)Cc1ccncc1Cl. The number of aromatic nitrogens is 1. The lowest BCUT2D eigenvalue weighted by Gasteiger charge is -2.19. The van der Waals surface area contributed by atoms with Crippen LogP contribution < -0.4 is 0 Å². The molecule has 1 aromatic rings. The van der Waals surface area contributed by atoms with Gasteiger partial charge in [0.05, 0.1) is 11.4 Å². The summed E-state index contributed by atoms with van der Waals surface area (Å²) in [6.07, 6.45) is 3.44. The second-order valence-electron chi connectivity index (χ2n) is 3.48. The van der Waals surface area contributed by atoms with Gasteiger partial charge in [-0.25, -0.2) is 0 Å². The fourth-order valence-corrected chi connectivity index (χ4v) is 1.55. The molecule has 0 saturated heterocycles. The maximum Gasteiger partial charge on any atom is 0.304 e. The first-order valence-electron chi connectivity index (χ1n) is 5.16. The van der Waals surface area contributed by atoms with Crippen molar-refractivity contribution in [3.05, 3.63) is 29.0 Å². The average Bonchev–Trinajstić information content (AvgIpc) is 2.26. The van der Waals surface area contributed by atoms with Crippen molar-refractivity contribution < 1.29 is 9.90 Å². The molecule has 0 saturated carbocycles. The Bertz CT molecular complexity index is 358. The van der Waals surface area contributed by atoms with Gasteiger partial charge in [-0.1, -0.05) is 18.5 Å². The molecule has 1 heterocycles. The zero-order valence-corrected chi connectivity index (χ0v) is 9.94. The molecule has 5 heteroatoms. The summed E-state index contributed by atoms with van der Waals surface area (Å²) >= 11 is 5.98. The predicted molar refractivity (Wildman–Crippen MR) is 62.5 cm³/mol. The summed E-state index contributed by atoms with van der Waals surface area (Å²) in [5, 5.41) is 9.24. The summed E-state index contributed by atoms with van der Waals surface area (Å²) in [7, 11) is 0. The number of aliphatic carboxylic acids is 1. The molecule has 0 bridgehead atoms. The van der Waals surface area contributed by atoms with E-state index in [0.717, 1.165) is 12.1 Å². The second kappa shape index (κ2) is 6.45. The van der Waals surface area contributed by atoms with Gasteiger partial charge in [0.2, 0.25) is 0 Å². The van der Waals surface area contributed by atoms with Gasteiger partial charge in [-0.2, -0.15) is 0 Å². The molecule has 1 N–H and O–H groups in total. The molecule has 16 heavy (non-hydrogen) atoms. The third kappa shape index (κ3) is 4.16. The quantitative estimate of drug-likeness (QED) is 0.829. The standard InChI is InChI=1S/C11H15ClN2O2/c1-2-14(6-4-11(15)16)8-9-3-5-13-7-10(9)12/h3,5,7H,2,4,6,8H2,1H3,(H,15,16). The molecule has 0 atom stereocenters. The summed E-state index contributed by atoms with van der Waals surface area (Å²) in [4.78, 5) is 16.4. The highest BCUT2D eigenvalue weighted by atomic mass is 35.5. The summed E-state index contributed by atoms with van der Waals surface area (Å²) in [6.45, 7) is 3.98. The van der Waals surface area contributed by atoms with E-state index in [1.54, 1.807) is 12.4 Å². The molecule has 4 nitrogen and oxygen atoms in total. The molecule has 0 fully saturated rings. The van der Waals surface area contributed by atoms with Crippen LogP contribution in [0.3, 0.4) is 0 Å². The van der Waals surface area contributed by atoms with Gasteiger partial charge in [-0.15, -0.1) is 0 Å². The first-order valence-corrected chi connectivity index (χ1v) is 5.53. The number of rotatable bonds is 6. The second-order valence-corrected chi connectivity index (χ2v) is 3.89. The van der Waals surface area contributed by atoms with Gasteiger partial charge < -0.3 is 5.11 Å². The number of carboxylic acids is 1. The smallest absolute Gasteiger partial charge is 0.304 e. The summed E-state index contributed by atoms with van der Waals surface area (Å²) < 4.78 is 0. The van der Waals surface area contributed by atoms with E-state index in [4.69, 9.17) is 16.7 Å². The van der Waals surface area contributed by atoms with Crippen molar-refractivity contribution in [3.63, 3.8) is 0 Å². The van der Waals surface area contributed by atoms with Crippen molar-refractivity contribution in [1.82, 2.24) is 9.88 Å². The molecule has 88 valence electrons. The zero-order chi connectivity index (χ0) is 12.0. The Morgan fingerprint density at radius 1 is 1.62 bits per heavy atom. The molecule has 0 spiro atoms. The van der Waals surface area contributed by atoms with Gasteiger partial charge in [-0.05, 0) is 18.2 Å². The van der Waals surface area contributed by atoms with Crippen molar-refractivity contribution in [1.29, 1.82) is 0 Å². The van der Waals surface area contributed by atoms with Gasteiger partial charge in [0.15, 0.2) is 0 Å². The molecule has 0 aliphatic heterocycles. The normalized spacial score (nSPS) is 10.7. The molecule has 1 rings (SSSR count). The van der Waals surface area contributed by atoms with E-state index in [2.05, 4.69) is 4.98 Å². The highest BCUT2D eigenvalue weighted by molar-refractivity contribution is 6.31. The molecule has 0 unspecified atom stereocenters. The number of carboxylic acid groups (broad SMARTS) is 1. The Labute approximate surface area is 99.9 Å². The van der Waals surface area contributed by atoms with E-state index in [-0.39, 0.29) is 6.42 Å². The van der Waals surface area contributed by atoms with Crippen LogP contribution in [0.1, 0.15) is 18.9 Å².